The van der Waals surface area contributed by atoms with Crippen molar-refractivity contribution in [3.63, 3.8) is 0 Å². The van der Waals surface area contributed by atoms with Crippen LogP contribution in [0.2, 0.25) is 0 Å². The highest BCUT2D eigenvalue weighted by Crippen LogP contribution is 2.32. The van der Waals surface area contributed by atoms with Gasteiger partial charge in [-0.05, 0) is 81.4 Å². The molecule has 7 nitrogen and oxygen atoms in total. The zero-order chi connectivity index (χ0) is 22.0. The molecule has 31 heavy (non-hydrogen) atoms. The maximum atomic E-state index is 5.60. The van der Waals surface area contributed by atoms with Crippen LogP contribution in [0, 0.1) is 3.57 Å². The zero-order valence-electron chi connectivity index (χ0n) is 19.2. The van der Waals surface area contributed by atoms with Gasteiger partial charge in [-0.3, -0.25) is 0 Å². The van der Waals surface area contributed by atoms with Gasteiger partial charge >= 0.3 is 0 Å². The van der Waals surface area contributed by atoms with Crippen LogP contribution in [-0.4, -0.2) is 85.3 Å². The van der Waals surface area contributed by atoms with E-state index in [1.54, 1.807) is 7.11 Å². The number of methoxy groups -OCH3 is 1. The molecule has 0 amide bonds. The van der Waals surface area contributed by atoms with Crippen molar-refractivity contribution >= 4 is 45.3 Å². The number of nitrogens with zero attached hydrogens (tertiary/aromatic N) is 5. The summed E-state index contributed by atoms with van der Waals surface area (Å²) in [6.45, 7) is 10.9. The van der Waals surface area contributed by atoms with Gasteiger partial charge in [0.25, 0.3) is 0 Å². The molecule has 2 aliphatic heterocycles. The number of fused-ring (bicyclic) bond motifs is 1. The molecule has 2 aliphatic rings. The number of hydrogen-bond donors (Lipinski definition) is 1. The van der Waals surface area contributed by atoms with Gasteiger partial charge in [0.05, 0.1) is 16.2 Å². The minimum atomic E-state index is 0.432. The van der Waals surface area contributed by atoms with Crippen molar-refractivity contribution in [2.24, 2.45) is 0 Å². The second kappa shape index (κ2) is 10.0. The van der Waals surface area contributed by atoms with Gasteiger partial charge in [0.1, 0.15) is 11.6 Å². The van der Waals surface area contributed by atoms with Crippen molar-refractivity contribution in [2.45, 2.75) is 45.2 Å². The SMILES string of the molecule is COc1cc2c(NC3CCN(C(C)C)CC3)nc(N3CCCN(C)CC3)nc2cc1I. The number of anilines is 2. The minimum Gasteiger partial charge on any atom is -0.496 e. The Labute approximate surface area is 199 Å². The summed E-state index contributed by atoms with van der Waals surface area (Å²) >= 11 is 2.33. The molecule has 2 fully saturated rings. The van der Waals surface area contributed by atoms with Gasteiger partial charge in [0.2, 0.25) is 5.95 Å². The van der Waals surface area contributed by atoms with Crippen LogP contribution >= 0.6 is 22.6 Å². The maximum absolute atomic E-state index is 5.60. The van der Waals surface area contributed by atoms with E-state index in [4.69, 9.17) is 14.7 Å². The molecule has 1 aromatic carbocycles. The first-order valence-electron chi connectivity index (χ1n) is 11.4. The van der Waals surface area contributed by atoms with Crippen molar-refractivity contribution in [3.05, 3.63) is 15.7 Å². The molecule has 170 valence electrons. The normalized spacial score (nSPS) is 19.7. The standard InChI is InChI=1S/C23H35IN6O/c1-16(2)29-10-6-17(7-11-29)25-22-18-14-21(31-4)19(24)15-20(18)26-23(27-22)30-9-5-8-28(3)12-13-30/h14-17H,5-13H2,1-4H3,(H,25,26,27). The van der Waals surface area contributed by atoms with Gasteiger partial charge in [0.15, 0.2) is 0 Å². The minimum absolute atomic E-state index is 0.432. The van der Waals surface area contributed by atoms with Crippen LogP contribution in [0.3, 0.4) is 0 Å². The van der Waals surface area contributed by atoms with E-state index in [1.165, 1.54) is 0 Å². The number of ether oxygens (including phenoxy) is 1. The van der Waals surface area contributed by atoms with E-state index in [9.17, 15) is 0 Å². The van der Waals surface area contributed by atoms with Crippen LogP contribution in [0.5, 0.6) is 5.75 Å². The van der Waals surface area contributed by atoms with Gasteiger partial charge < -0.3 is 24.8 Å². The molecule has 0 saturated carbocycles. The number of rotatable bonds is 5. The fourth-order valence-electron chi connectivity index (χ4n) is 4.53. The van der Waals surface area contributed by atoms with Gasteiger partial charge in [-0.15, -0.1) is 0 Å². The van der Waals surface area contributed by atoms with Crippen LogP contribution in [-0.2, 0) is 0 Å². The molecule has 3 heterocycles. The molecule has 2 aromatic rings. The third kappa shape index (κ3) is 5.34. The number of benzene rings is 1. The van der Waals surface area contributed by atoms with Crippen LogP contribution < -0.4 is 15.0 Å². The number of nitrogens with one attached hydrogen (secondary N) is 1. The van der Waals surface area contributed by atoms with Gasteiger partial charge in [-0.1, -0.05) is 0 Å². The molecular formula is C23H35IN6O. The molecule has 0 aliphatic carbocycles. The van der Waals surface area contributed by atoms with Crippen molar-refractivity contribution < 1.29 is 4.74 Å². The number of hydrogen-bond acceptors (Lipinski definition) is 7. The van der Waals surface area contributed by atoms with E-state index in [2.05, 4.69) is 75.6 Å². The number of likely N-dealkylation sites (N-methyl/N-ethyl adjacent to an activating group) is 1. The zero-order valence-corrected chi connectivity index (χ0v) is 21.4. The molecule has 8 heteroatoms. The highest BCUT2D eigenvalue weighted by Gasteiger charge is 2.23. The summed E-state index contributed by atoms with van der Waals surface area (Å²) in [5.41, 5.74) is 0.981. The predicted molar refractivity (Wildman–Crippen MR) is 136 cm³/mol. The molecule has 0 unspecified atom stereocenters. The lowest BCUT2D eigenvalue weighted by Crippen LogP contribution is -2.42. The Kier molecular flexibility index (Phi) is 7.38. The van der Waals surface area contributed by atoms with Crippen LogP contribution in [0.25, 0.3) is 10.9 Å². The third-order valence-electron chi connectivity index (χ3n) is 6.56. The summed E-state index contributed by atoms with van der Waals surface area (Å²) in [5, 5.41) is 4.83. The van der Waals surface area contributed by atoms with Gasteiger partial charge in [0, 0.05) is 50.2 Å². The maximum Gasteiger partial charge on any atom is 0.227 e. The Balaban J connectivity index is 1.66. The van der Waals surface area contributed by atoms with E-state index in [0.29, 0.717) is 12.1 Å². The first kappa shape index (κ1) is 22.8. The average molecular weight is 538 g/mol. The van der Waals surface area contributed by atoms with E-state index in [0.717, 1.165) is 90.5 Å². The Morgan fingerprint density at radius 2 is 1.84 bits per heavy atom. The molecule has 0 spiro atoms. The predicted octanol–water partition coefficient (Wildman–Crippen LogP) is 3.67. The van der Waals surface area contributed by atoms with Crippen molar-refractivity contribution in [1.82, 2.24) is 19.8 Å². The topological polar surface area (TPSA) is 56.8 Å². The molecule has 0 radical (unpaired) electrons. The Bertz CT molecular complexity index is 899. The highest BCUT2D eigenvalue weighted by molar-refractivity contribution is 14.1. The second-order valence-electron chi connectivity index (χ2n) is 9.07. The van der Waals surface area contributed by atoms with Crippen molar-refractivity contribution in [3.8, 4) is 5.75 Å². The van der Waals surface area contributed by atoms with Gasteiger partial charge in [-0.2, -0.15) is 4.98 Å². The lowest BCUT2D eigenvalue weighted by Gasteiger charge is -2.35. The smallest absolute Gasteiger partial charge is 0.227 e. The van der Waals surface area contributed by atoms with E-state index < -0.39 is 0 Å². The second-order valence-corrected chi connectivity index (χ2v) is 10.2. The first-order valence-corrected chi connectivity index (χ1v) is 12.5. The average Bonchev–Trinajstić information content (AvgIpc) is 2.98. The lowest BCUT2D eigenvalue weighted by molar-refractivity contribution is 0.177. The molecule has 0 atom stereocenters. The van der Waals surface area contributed by atoms with Crippen LogP contribution in [0.1, 0.15) is 33.1 Å². The first-order chi connectivity index (χ1) is 14.9. The summed E-state index contributed by atoms with van der Waals surface area (Å²) in [6, 6.07) is 5.25. The Morgan fingerprint density at radius 3 is 2.55 bits per heavy atom. The molecule has 4 rings (SSSR count). The molecule has 0 bridgehead atoms. The monoisotopic (exact) mass is 538 g/mol. The number of halogens is 1. The summed E-state index contributed by atoms with van der Waals surface area (Å²) in [4.78, 5) is 17.3. The molecule has 1 aromatic heterocycles. The summed E-state index contributed by atoms with van der Waals surface area (Å²) < 4.78 is 6.67. The highest BCUT2D eigenvalue weighted by atomic mass is 127. The summed E-state index contributed by atoms with van der Waals surface area (Å²) in [7, 11) is 3.91. The lowest BCUT2D eigenvalue weighted by atomic mass is 10.0. The third-order valence-corrected chi connectivity index (χ3v) is 7.40. The van der Waals surface area contributed by atoms with Crippen LogP contribution in [0.15, 0.2) is 12.1 Å². The number of aromatic nitrogens is 2. The Hall–Kier alpha value is -1.39. The summed E-state index contributed by atoms with van der Waals surface area (Å²) in [6.07, 6.45) is 3.40. The molecule has 1 N–H and O–H groups in total. The van der Waals surface area contributed by atoms with Crippen molar-refractivity contribution in [2.75, 3.05) is 63.6 Å². The summed E-state index contributed by atoms with van der Waals surface area (Å²) in [5.74, 6) is 2.65. The van der Waals surface area contributed by atoms with E-state index in [-0.39, 0.29) is 0 Å². The largest absolute Gasteiger partial charge is 0.496 e. The number of likely N-dealkylation sites (tertiary alicyclic amines) is 1. The fourth-order valence-corrected chi connectivity index (χ4v) is 5.20. The van der Waals surface area contributed by atoms with Crippen molar-refractivity contribution in [1.29, 1.82) is 0 Å². The van der Waals surface area contributed by atoms with Gasteiger partial charge in [-0.25, -0.2) is 4.98 Å². The quantitative estimate of drug-likeness (QED) is 0.584. The van der Waals surface area contributed by atoms with Crippen LogP contribution in [0.4, 0.5) is 11.8 Å². The molecule has 2 saturated heterocycles. The van der Waals surface area contributed by atoms with E-state index >= 15 is 0 Å². The molecular weight excluding hydrogens is 503 g/mol. The fraction of sp³-hybridized carbons (Fsp3) is 0.652. The number of piperidine rings is 1. The Morgan fingerprint density at radius 1 is 1.06 bits per heavy atom. The van der Waals surface area contributed by atoms with E-state index in [1.807, 2.05) is 0 Å².